The van der Waals surface area contributed by atoms with E-state index in [9.17, 15) is 4.79 Å². The monoisotopic (exact) mass is 346 g/mol. The van der Waals surface area contributed by atoms with E-state index in [1.54, 1.807) is 7.11 Å². The number of nitrogens with one attached hydrogen (secondary N) is 1. The maximum absolute atomic E-state index is 12.6. The molecular weight excluding hydrogens is 312 g/mol. The molecule has 4 nitrogen and oxygen atoms in total. The highest BCUT2D eigenvalue weighted by Gasteiger charge is 2.20. The van der Waals surface area contributed by atoms with Gasteiger partial charge >= 0.3 is 0 Å². The molecule has 140 valence electrons. The van der Waals surface area contributed by atoms with Crippen molar-refractivity contribution in [1.82, 2.24) is 5.43 Å². The lowest BCUT2D eigenvalue weighted by molar-refractivity contribution is 0.0953. The minimum absolute atomic E-state index is 0.0541. The van der Waals surface area contributed by atoms with Gasteiger partial charge < -0.3 is 4.74 Å². The molecule has 1 N–H and O–H groups in total. The van der Waals surface area contributed by atoms with E-state index in [1.165, 1.54) is 19.3 Å². The quantitative estimate of drug-likeness (QED) is 0.372. The largest absolute Gasteiger partial charge is 0.496 e. The Balaban J connectivity index is 2.90. The average Bonchev–Trinajstić information content (AvgIpc) is 2.58. The summed E-state index contributed by atoms with van der Waals surface area (Å²) in [5.41, 5.74) is 5.30. The summed E-state index contributed by atoms with van der Waals surface area (Å²) in [7, 11) is 1.63. The second-order valence-corrected chi connectivity index (χ2v) is 7.40. The van der Waals surface area contributed by atoms with Crippen molar-refractivity contribution in [1.29, 1.82) is 0 Å². The molecule has 0 saturated heterocycles. The summed E-state index contributed by atoms with van der Waals surface area (Å²) in [6.45, 7) is 10.6. The first-order valence-electron chi connectivity index (χ1n) is 9.38. The van der Waals surface area contributed by atoms with Crippen LogP contribution in [-0.4, -0.2) is 18.7 Å². The van der Waals surface area contributed by atoms with Crippen molar-refractivity contribution in [3.63, 3.8) is 0 Å². The standard InChI is InChI=1S/C21H34N2O2/c1-7-9-10-11-15-19(21(3,4)5)22-23-20(24)17-13-12-14-18(25-6)16(17)8-2/h12-14H,7-11,15H2,1-6H3,(H,23,24)/b22-19-. The van der Waals surface area contributed by atoms with Gasteiger partial charge in [0.15, 0.2) is 0 Å². The number of ether oxygens (including phenoxy) is 1. The molecule has 1 aromatic rings. The smallest absolute Gasteiger partial charge is 0.271 e. The van der Waals surface area contributed by atoms with Gasteiger partial charge in [0.2, 0.25) is 0 Å². The van der Waals surface area contributed by atoms with Crippen molar-refractivity contribution in [2.24, 2.45) is 10.5 Å². The van der Waals surface area contributed by atoms with Crippen LogP contribution in [0.5, 0.6) is 5.75 Å². The molecule has 1 aromatic carbocycles. The van der Waals surface area contributed by atoms with Crippen LogP contribution in [0, 0.1) is 5.41 Å². The van der Waals surface area contributed by atoms with Crippen LogP contribution < -0.4 is 10.2 Å². The zero-order chi connectivity index (χ0) is 18.9. The first kappa shape index (κ1) is 21.2. The van der Waals surface area contributed by atoms with E-state index in [-0.39, 0.29) is 11.3 Å². The number of nitrogens with zero attached hydrogens (tertiary/aromatic N) is 1. The molecule has 0 radical (unpaired) electrons. The number of hydrazone groups is 1. The number of methoxy groups -OCH3 is 1. The molecule has 0 aliphatic rings. The van der Waals surface area contributed by atoms with Crippen LogP contribution in [0.3, 0.4) is 0 Å². The Morgan fingerprint density at radius 2 is 1.88 bits per heavy atom. The molecule has 0 atom stereocenters. The number of hydrogen-bond donors (Lipinski definition) is 1. The number of carbonyl (C=O) groups excluding carboxylic acids is 1. The maximum Gasteiger partial charge on any atom is 0.271 e. The van der Waals surface area contributed by atoms with Crippen LogP contribution in [-0.2, 0) is 6.42 Å². The highest BCUT2D eigenvalue weighted by molar-refractivity contribution is 5.98. The molecule has 0 heterocycles. The Hall–Kier alpha value is -1.84. The summed E-state index contributed by atoms with van der Waals surface area (Å²) in [5, 5.41) is 4.48. The molecule has 0 spiro atoms. The van der Waals surface area contributed by atoms with Crippen LogP contribution in [0.4, 0.5) is 0 Å². The highest BCUT2D eigenvalue weighted by Crippen LogP contribution is 2.23. The summed E-state index contributed by atoms with van der Waals surface area (Å²) in [6, 6.07) is 5.55. The zero-order valence-corrected chi connectivity index (χ0v) is 16.7. The lowest BCUT2D eigenvalue weighted by Gasteiger charge is -2.21. The normalized spacial score (nSPS) is 12.2. The Labute approximate surface area is 153 Å². The van der Waals surface area contributed by atoms with Crippen molar-refractivity contribution in [2.45, 2.75) is 73.1 Å². The Morgan fingerprint density at radius 3 is 2.44 bits per heavy atom. The third kappa shape index (κ3) is 6.52. The Bertz CT molecular complexity index is 586. The topological polar surface area (TPSA) is 50.7 Å². The molecule has 0 fully saturated rings. The fourth-order valence-corrected chi connectivity index (χ4v) is 2.83. The average molecular weight is 347 g/mol. The first-order chi connectivity index (χ1) is 11.8. The fraction of sp³-hybridized carbons (Fsp3) is 0.619. The molecule has 0 saturated carbocycles. The van der Waals surface area contributed by atoms with E-state index < -0.39 is 0 Å². The van der Waals surface area contributed by atoms with Gasteiger partial charge in [-0.3, -0.25) is 4.79 Å². The molecule has 1 rings (SSSR count). The molecule has 1 amide bonds. The summed E-state index contributed by atoms with van der Waals surface area (Å²) < 4.78 is 5.37. The van der Waals surface area contributed by atoms with Gasteiger partial charge in [-0.25, -0.2) is 5.43 Å². The zero-order valence-electron chi connectivity index (χ0n) is 16.7. The molecular formula is C21H34N2O2. The van der Waals surface area contributed by atoms with Gasteiger partial charge in [-0.2, -0.15) is 5.10 Å². The molecule has 0 aliphatic heterocycles. The van der Waals surface area contributed by atoms with Crippen molar-refractivity contribution in [2.75, 3.05) is 7.11 Å². The maximum atomic E-state index is 12.6. The number of amides is 1. The van der Waals surface area contributed by atoms with Gasteiger partial charge in [-0.1, -0.05) is 59.9 Å². The van der Waals surface area contributed by atoms with Crippen molar-refractivity contribution >= 4 is 11.6 Å². The van der Waals surface area contributed by atoms with Crippen molar-refractivity contribution < 1.29 is 9.53 Å². The van der Waals surface area contributed by atoms with Gasteiger partial charge in [0, 0.05) is 22.3 Å². The molecule has 0 aromatic heterocycles. The lowest BCUT2D eigenvalue weighted by Crippen LogP contribution is -2.27. The van der Waals surface area contributed by atoms with Gasteiger partial charge in [-0.05, 0) is 31.4 Å². The Kier molecular flexibility index (Phi) is 8.67. The molecule has 0 unspecified atom stereocenters. The van der Waals surface area contributed by atoms with Crippen LogP contribution in [0.25, 0.3) is 0 Å². The first-order valence-corrected chi connectivity index (χ1v) is 9.38. The molecule has 4 heteroatoms. The second-order valence-electron chi connectivity index (χ2n) is 7.40. The number of unbranched alkanes of at least 4 members (excludes halogenated alkanes) is 3. The lowest BCUT2D eigenvalue weighted by atomic mass is 9.87. The van der Waals surface area contributed by atoms with Crippen LogP contribution in [0.1, 0.15) is 82.6 Å². The third-order valence-electron chi connectivity index (χ3n) is 4.38. The van der Waals surface area contributed by atoms with E-state index in [0.29, 0.717) is 5.56 Å². The molecule has 0 aliphatic carbocycles. The predicted octanol–water partition coefficient (Wildman–Crippen LogP) is 5.36. The Morgan fingerprint density at radius 1 is 1.16 bits per heavy atom. The number of rotatable bonds is 9. The van der Waals surface area contributed by atoms with Crippen LogP contribution in [0.2, 0.25) is 0 Å². The highest BCUT2D eigenvalue weighted by atomic mass is 16.5. The van der Waals surface area contributed by atoms with Gasteiger partial charge in [-0.15, -0.1) is 0 Å². The summed E-state index contributed by atoms with van der Waals surface area (Å²) in [6.07, 6.45) is 6.43. The molecule has 0 bridgehead atoms. The van der Waals surface area contributed by atoms with Crippen molar-refractivity contribution in [3.8, 4) is 5.75 Å². The number of carbonyl (C=O) groups is 1. The van der Waals surface area contributed by atoms with E-state index in [4.69, 9.17) is 4.74 Å². The third-order valence-corrected chi connectivity index (χ3v) is 4.38. The van der Waals surface area contributed by atoms with Gasteiger partial charge in [0.25, 0.3) is 5.91 Å². The summed E-state index contributed by atoms with van der Waals surface area (Å²) >= 11 is 0. The number of benzene rings is 1. The van der Waals surface area contributed by atoms with E-state index >= 15 is 0 Å². The van der Waals surface area contributed by atoms with E-state index in [2.05, 4.69) is 38.2 Å². The van der Waals surface area contributed by atoms with Gasteiger partial charge in [0.1, 0.15) is 5.75 Å². The van der Waals surface area contributed by atoms with Crippen LogP contribution >= 0.6 is 0 Å². The number of hydrogen-bond acceptors (Lipinski definition) is 3. The van der Waals surface area contributed by atoms with E-state index in [1.807, 2.05) is 25.1 Å². The van der Waals surface area contributed by atoms with Gasteiger partial charge in [0.05, 0.1) is 7.11 Å². The van der Waals surface area contributed by atoms with E-state index in [0.717, 1.165) is 36.3 Å². The SMILES string of the molecule is CCCCCC/C(=N/NC(=O)c1cccc(OC)c1CC)C(C)(C)C. The second kappa shape index (κ2) is 10.2. The summed E-state index contributed by atoms with van der Waals surface area (Å²) in [5.74, 6) is 0.570. The predicted molar refractivity (Wildman–Crippen MR) is 105 cm³/mol. The minimum Gasteiger partial charge on any atom is -0.496 e. The molecule has 25 heavy (non-hydrogen) atoms. The summed E-state index contributed by atoms with van der Waals surface area (Å²) in [4.78, 5) is 12.6. The minimum atomic E-state index is -0.175. The van der Waals surface area contributed by atoms with Crippen LogP contribution in [0.15, 0.2) is 23.3 Å². The fourth-order valence-electron chi connectivity index (χ4n) is 2.83. The van der Waals surface area contributed by atoms with Crippen molar-refractivity contribution in [3.05, 3.63) is 29.3 Å².